The van der Waals surface area contributed by atoms with Crippen molar-refractivity contribution in [3.05, 3.63) is 23.8 Å². The topological polar surface area (TPSA) is 86.5 Å². The van der Waals surface area contributed by atoms with Gasteiger partial charge in [-0.2, -0.15) is 0 Å². The lowest BCUT2D eigenvalue weighted by atomic mass is 9.79. The summed E-state index contributed by atoms with van der Waals surface area (Å²) in [5, 5.41) is 3.56. The number of nitrogens with zero attached hydrogens (tertiary/aromatic N) is 1. The fourth-order valence-corrected chi connectivity index (χ4v) is 3.76. The number of fused-ring (bicyclic) bond motifs is 1. The Kier molecular flexibility index (Phi) is 4.91. The predicted octanol–water partition coefficient (Wildman–Crippen LogP) is 2.14. The Bertz CT molecular complexity index is 695. The van der Waals surface area contributed by atoms with Crippen LogP contribution in [0.5, 0.6) is 0 Å². The highest BCUT2D eigenvalue weighted by Crippen LogP contribution is 2.33. The van der Waals surface area contributed by atoms with Crippen LogP contribution < -0.4 is 11.1 Å². The van der Waals surface area contributed by atoms with Crippen LogP contribution in [0.15, 0.2) is 18.2 Å². The van der Waals surface area contributed by atoms with Crippen LogP contribution in [0.4, 0.5) is 5.13 Å². The number of ether oxygens (including phenoxy) is 2. The number of hydrogen-bond donors (Lipinski definition) is 2. The van der Waals surface area contributed by atoms with Crippen LogP contribution in [-0.2, 0) is 20.9 Å². The van der Waals surface area contributed by atoms with Crippen LogP contribution in [0.1, 0.15) is 18.4 Å². The fourth-order valence-electron chi connectivity index (χ4n) is 2.85. The summed E-state index contributed by atoms with van der Waals surface area (Å²) in [6.07, 6.45) is 1.30. The van der Waals surface area contributed by atoms with Gasteiger partial charge in [0.25, 0.3) is 0 Å². The van der Waals surface area contributed by atoms with Crippen molar-refractivity contribution in [1.82, 2.24) is 4.98 Å². The highest BCUT2D eigenvalue weighted by atomic mass is 32.1. The van der Waals surface area contributed by atoms with Crippen molar-refractivity contribution in [3.63, 3.8) is 0 Å². The molecule has 0 bridgehead atoms. The van der Waals surface area contributed by atoms with E-state index < -0.39 is 5.41 Å². The van der Waals surface area contributed by atoms with Crippen molar-refractivity contribution >= 4 is 32.6 Å². The van der Waals surface area contributed by atoms with Crippen LogP contribution in [0.2, 0.25) is 0 Å². The van der Waals surface area contributed by atoms with E-state index in [1.807, 2.05) is 18.2 Å². The minimum absolute atomic E-state index is 0.0596. The van der Waals surface area contributed by atoms with Crippen molar-refractivity contribution in [3.8, 4) is 0 Å². The molecule has 0 unspecified atom stereocenters. The molecular formula is C16H21N3O3S. The van der Waals surface area contributed by atoms with Crippen molar-refractivity contribution < 1.29 is 14.3 Å². The number of hydrogen-bond acceptors (Lipinski definition) is 6. The second kappa shape index (κ2) is 6.92. The SMILES string of the molecule is COCc1cccc2sc(NC(=O)C3(CN)CCOCC3)nc12. The minimum atomic E-state index is -0.550. The fraction of sp³-hybridized carbons (Fsp3) is 0.500. The number of aromatic nitrogens is 1. The lowest BCUT2D eigenvalue weighted by Gasteiger charge is -2.34. The summed E-state index contributed by atoms with van der Waals surface area (Å²) in [6.45, 7) is 1.96. The first-order valence-electron chi connectivity index (χ1n) is 7.65. The Morgan fingerprint density at radius 1 is 1.48 bits per heavy atom. The first kappa shape index (κ1) is 16.3. The summed E-state index contributed by atoms with van der Waals surface area (Å²) < 4.78 is 11.6. The van der Waals surface area contributed by atoms with Gasteiger partial charge in [-0.15, -0.1) is 0 Å². The van der Waals surface area contributed by atoms with E-state index in [2.05, 4.69) is 10.3 Å². The van der Waals surface area contributed by atoms with Gasteiger partial charge in [-0.05, 0) is 18.9 Å². The van der Waals surface area contributed by atoms with Gasteiger partial charge >= 0.3 is 0 Å². The molecule has 3 rings (SSSR count). The number of benzene rings is 1. The zero-order valence-electron chi connectivity index (χ0n) is 13.1. The van der Waals surface area contributed by atoms with Gasteiger partial charge in [0.2, 0.25) is 5.91 Å². The largest absolute Gasteiger partial charge is 0.381 e. The maximum atomic E-state index is 12.7. The van der Waals surface area contributed by atoms with E-state index in [4.69, 9.17) is 15.2 Å². The molecule has 23 heavy (non-hydrogen) atoms. The second-order valence-corrected chi connectivity index (χ2v) is 6.80. The summed E-state index contributed by atoms with van der Waals surface area (Å²) in [4.78, 5) is 17.3. The van der Waals surface area contributed by atoms with Crippen molar-refractivity contribution in [2.75, 3.05) is 32.2 Å². The predicted molar refractivity (Wildman–Crippen MR) is 90.5 cm³/mol. The van der Waals surface area contributed by atoms with E-state index in [-0.39, 0.29) is 5.91 Å². The van der Waals surface area contributed by atoms with Crippen LogP contribution in [0.25, 0.3) is 10.2 Å². The molecule has 2 aromatic rings. The Morgan fingerprint density at radius 2 is 2.26 bits per heavy atom. The Morgan fingerprint density at radius 3 is 2.96 bits per heavy atom. The van der Waals surface area contributed by atoms with E-state index >= 15 is 0 Å². The molecule has 3 N–H and O–H groups in total. The molecule has 0 aliphatic carbocycles. The minimum Gasteiger partial charge on any atom is -0.381 e. The molecule has 1 amide bonds. The molecule has 0 spiro atoms. The highest BCUT2D eigenvalue weighted by Gasteiger charge is 2.39. The monoisotopic (exact) mass is 335 g/mol. The average molecular weight is 335 g/mol. The number of rotatable bonds is 5. The van der Waals surface area contributed by atoms with E-state index in [1.54, 1.807) is 7.11 Å². The standard InChI is InChI=1S/C16H21N3O3S/c1-21-9-11-3-2-4-12-13(11)18-15(23-12)19-14(20)16(10-17)5-7-22-8-6-16/h2-4H,5-10,17H2,1H3,(H,18,19,20). The van der Waals surface area contributed by atoms with Gasteiger partial charge in [0.15, 0.2) is 5.13 Å². The maximum absolute atomic E-state index is 12.7. The first-order chi connectivity index (χ1) is 11.2. The Balaban J connectivity index is 1.83. The van der Waals surface area contributed by atoms with E-state index in [9.17, 15) is 4.79 Å². The van der Waals surface area contributed by atoms with Gasteiger partial charge in [-0.25, -0.2) is 4.98 Å². The van der Waals surface area contributed by atoms with Gasteiger partial charge < -0.3 is 20.5 Å². The molecule has 1 aromatic heterocycles. The summed E-state index contributed by atoms with van der Waals surface area (Å²) in [5.74, 6) is -0.0596. The smallest absolute Gasteiger partial charge is 0.233 e. The molecule has 1 saturated heterocycles. The van der Waals surface area contributed by atoms with E-state index in [1.165, 1.54) is 11.3 Å². The number of nitrogens with one attached hydrogen (secondary N) is 1. The maximum Gasteiger partial charge on any atom is 0.233 e. The zero-order valence-corrected chi connectivity index (χ0v) is 13.9. The van der Waals surface area contributed by atoms with Crippen LogP contribution in [0, 0.1) is 5.41 Å². The molecule has 2 heterocycles. The second-order valence-electron chi connectivity index (χ2n) is 5.77. The van der Waals surface area contributed by atoms with Crippen molar-refractivity contribution in [2.24, 2.45) is 11.1 Å². The number of thiazole rings is 1. The third-order valence-corrected chi connectivity index (χ3v) is 5.28. The molecule has 0 atom stereocenters. The molecule has 1 fully saturated rings. The normalized spacial score (nSPS) is 17.3. The van der Waals surface area contributed by atoms with E-state index in [0.29, 0.717) is 44.3 Å². The van der Waals surface area contributed by atoms with Gasteiger partial charge in [0, 0.05) is 32.4 Å². The van der Waals surface area contributed by atoms with Gasteiger partial charge in [-0.3, -0.25) is 4.79 Å². The molecule has 0 saturated carbocycles. The van der Waals surface area contributed by atoms with E-state index in [0.717, 1.165) is 15.8 Å². The molecule has 6 nitrogen and oxygen atoms in total. The van der Waals surface area contributed by atoms with Crippen LogP contribution >= 0.6 is 11.3 Å². The Hall–Kier alpha value is -1.54. The highest BCUT2D eigenvalue weighted by molar-refractivity contribution is 7.22. The van der Waals surface area contributed by atoms with Crippen molar-refractivity contribution in [1.29, 1.82) is 0 Å². The van der Waals surface area contributed by atoms with Crippen molar-refractivity contribution in [2.45, 2.75) is 19.4 Å². The van der Waals surface area contributed by atoms with Gasteiger partial charge in [0.05, 0.1) is 22.2 Å². The number of anilines is 1. The summed E-state index contributed by atoms with van der Waals surface area (Å²) >= 11 is 1.47. The van der Waals surface area contributed by atoms with Crippen LogP contribution in [-0.4, -0.2) is 37.8 Å². The lowest BCUT2D eigenvalue weighted by molar-refractivity contribution is -0.130. The van der Waals surface area contributed by atoms with Crippen LogP contribution in [0.3, 0.4) is 0 Å². The van der Waals surface area contributed by atoms with Gasteiger partial charge in [-0.1, -0.05) is 23.5 Å². The summed E-state index contributed by atoms with van der Waals surface area (Å²) in [7, 11) is 1.66. The lowest BCUT2D eigenvalue weighted by Crippen LogP contribution is -2.46. The molecule has 1 aliphatic heterocycles. The molecular weight excluding hydrogens is 314 g/mol. The molecule has 7 heteroatoms. The number of carbonyl (C=O) groups excluding carboxylic acids is 1. The quantitative estimate of drug-likeness (QED) is 0.874. The number of nitrogens with two attached hydrogens (primary N) is 1. The van der Waals surface area contributed by atoms with Gasteiger partial charge in [0.1, 0.15) is 0 Å². The summed E-state index contributed by atoms with van der Waals surface area (Å²) in [5.41, 5.74) is 7.22. The Labute approximate surface area is 139 Å². The number of para-hydroxylation sites is 1. The molecule has 0 radical (unpaired) electrons. The molecule has 124 valence electrons. The zero-order chi connectivity index (χ0) is 16.3. The summed E-state index contributed by atoms with van der Waals surface area (Å²) in [6, 6.07) is 5.95. The average Bonchev–Trinajstić information content (AvgIpc) is 2.99. The number of methoxy groups -OCH3 is 1. The third kappa shape index (κ3) is 3.23. The number of amides is 1. The molecule has 1 aromatic carbocycles. The number of carbonyl (C=O) groups is 1. The first-order valence-corrected chi connectivity index (χ1v) is 8.47. The third-order valence-electron chi connectivity index (χ3n) is 4.35. The molecule has 1 aliphatic rings.